The molecule has 0 aliphatic carbocycles. The Kier molecular flexibility index (Phi) is 5.00. The predicted molar refractivity (Wildman–Crippen MR) is 132 cm³/mol. The van der Waals surface area contributed by atoms with Crippen molar-refractivity contribution in [2.75, 3.05) is 26.2 Å². The molecule has 4 aromatic rings. The molecule has 2 aromatic carbocycles. The van der Waals surface area contributed by atoms with E-state index in [2.05, 4.69) is 91.3 Å². The van der Waals surface area contributed by atoms with Gasteiger partial charge in [-0.1, -0.05) is 30.3 Å². The van der Waals surface area contributed by atoms with Crippen molar-refractivity contribution in [3.63, 3.8) is 0 Å². The normalized spacial score (nSPS) is 15.7. The highest BCUT2D eigenvalue weighted by Crippen LogP contribution is 2.22. The zero-order valence-electron chi connectivity index (χ0n) is 16.9. The summed E-state index contributed by atoms with van der Waals surface area (Å²) in [6, 6.07) is 17.2. The van der Waals surface area contributed by atoms with Crippen molar-refractivity contribution in [2.24, 2.45) is 9.98 Å². The first-order valence-electron chi connectivity index (χ1n) is 10.3. The number of aliphatic imine (C=N–C) groups is 2. The Bertz CT molecular complexity index is 1330. The zero-order valence-corrected chi connectivity index (χ0v) is 17.7. The van der Waals surface area contributed by atoms with Crippen LogP contribution in [-0.2, 0) is 0 Å². The molecule has 0 spiro atoms. The van der Waals surface area contributed by atoms with Crippen molar-refractivity contribution in [2.45, 2.75) is 0 Å². The summed E-state index contributed by atoms with van der Waals surface area (Å²) in [6.07, 6.45) is 4.26. The number of rotatable bonds is 4. The van der Waals surface area contributed by atoms with Crippen molar-refractivity contribution >= 4 is 58.0 Å². The van der Waals surface area contributed by atoms with E-state index in [4.69, 9.17) is 0 Å². The fourth-order valence-corrected chi connectivity index (χ4v) is 4.12. The number of hydrogen-bond acceptors (Lipinski definition) is 4. The molecule has 0 radical (unpaired) electrons. The van der Waals surface area contributed by atoms with Crippen LogP contribution in [0.25, 0.3) is 34.0 Å². The van der Waals surface area contributed by atoms with Gasteiger partial charge in [-0.3, -0.25) is 9.98 Å². The summed E-state index contributed by atoms with van der Waals surface area (Å²) in [5, 5.41) is 9.05. The van der Waals surface area contributed by atoms with Crippen molar-refractivity contribution in [1.29, 1.82) is 0 Å². The summed E-state index contributed by atoms with van der Waals surface area (Å²) < 4.78 is 0. The average Bonchev–Trinajstić information content (AvgIpc) is 3.56. The minimum atomic E-state index is 0. The monoisotopic (exact) mass is 430 g/mol. The molecule has 0 bridgehead atoms. The van der Waals surface area contributed by atoms with Gasteiger partial charge in [-0.25, -0.2) is 0 Å². The molecule has 4 N–H and O–H groups in total. The Morgan fingerprint density at radius 2 is 1.45 bits per heavy atom. The molecular weight excluding hydrogens is 408 g/mol. The van der Waals surface area contributed by atoms with Gasteiger partial charge in [0.1, 0.15) is 11.7 Å². The fraction of sp³-hybridized carbons (Fsp3) is 0.167. The van der Waals surface area contributed by atoms with Gasteiger partial charge in [0.2, 0.25) is 0 Å². The zero-order chi connectivity index (χ0) is 19.9. The van der Waals surface area contributed by atoms with Crippen LogP contribution in [0, 0.1) is 0 Å². The van der Waals surface area contributed by atoms with Gasteiger partial charge in [-0.15, -0.1) is 12.4 Å². The van der Waals surface area contributed by atoms with Crippen molar-refractivity contribution in [3.8, 4) is 0 Å². The Hall–Kier alpha value is -3.51. The lowest BCUT2D eigenvalue weighted by Crippen LogP contribution is -2.19. The van der Waals surface area contributed by atoms with Gasteiger partial charge in [-0.05, 0) is 35.9 Å². The fourth-order valence-electron chi connectivity index (χ4n) is 4.12. The maximum absolute atomic E-state index is 4.51. The van der Waals surface area contributed by atoms with E-state index in [-0.39, 0.29) is 12.4 Å². The third kappa shape index (κ3) is 3.70. The lowest BCUT2D eigenvalue weighted by atomic mass is 10.1. The first-order chi connectivity index (χ1) is 14.8. The highest BCUT2D eigenvalue weighted by Gasteiger charge is 2.11. The van der Waals surface area contributed by atoms with Crippen LogP contribution in [0.2, 0.25) is 0 Å². The summed E-state index contributed by atoms with van der Waals surface area (Å²) in [4.78, 5) is 16.0. The minimum absolute atomic E-state index is 0. The van der Waals surface area contributed by atoms with Crippen molar-refractivity contribution in [3.05, 3.63) is 71.0 Å². The van der Waals surface area contributed by atoms with Crippen LogP contribution in [0.5, 0.6) is 0 Å². The molecule has 156 valence electrons. The third-order valence-corrected chi connectivity index (χ3v) is 5.62. The van der Waals surface area contributed by atoms with Crippen molar-refractivity contribution in [1.82, 2.24) is 20.6 Å². The summed E-state index contributed by atoms with van der Waals surface area (Å²) in [5.74, 6) is 1.94. The maximum atomic E-state index is 4.51. The van der Waals surface area contributed by atoms with Gasteiger partial charge >= 0.3 is 0 Å². The molecule has 0 saturated carbocycles. The molecular formula is C24H23ClN6. The van der Waals surface area contributed by atoms with Gasteiger partial charge in [0.05, 0.1) is 18.8 Å². The third-order valence-electron chi connectivity index (χ3n) is 5.62. The molecule has 0 atom stereocenters. The van der Waals surface area contributed by atoms with Crippen LogP contribution in [0.4, 0.5) is 0 Å². The maximum Gasteiger partial charge on any atom is 0.145 e. The average molecular weight is 431 g/mol. The molecule has 6 nitrogen and oxygen atoms in total. The molecule has 0 amide bonds. The van der Waals surface area contributed by atoms with Crippen LogP contribution in [-0.4, -0.2) is 47.8 Å². The van der Waals surface area contributed by atoms with E-state index in [1.54, 1.807) is 0 Å². The summed E-state index contributed by atoms with van der Waals surface area (Å²) in [7, 11) is 0. The molecule has 2 aliphatic heterocycles. The Morgan fingerprint density at radius 3 is 2.26 bits per heavy atom. The van der Waals surface area contributed by atoms with Gasteiger partial charge in [0, 0.05) is 46.2 Å². The van der Waals surface area contributed by atoms with E-state index < -0.39 is 0 Å². The van der Waals surface area contributed by atoms with Crippen LogP contribution >= 0.6 is 12.4 Å². The summed E-state index contributed by atoms with van der Waals surface area (Å²) in [6.45, 7) is 3.53. The van der Waals surface area contributed by atoms with Crippen LogP contribution in [0.1, 0.15) is 22.5 Å². The largest absolute Gasteiger partial charge is 0.368 e. The van der Waals surface area contributed by atoms with Gasteiger partial charge in [-0.2, -0.15) is 0 Å². The molecule has 7 heteroatoms. The quantitative estimate of drug-likeness (QED) is 0.395. The van der Waals surface area contributed by atoms with E-state index in [0.29, 0.717) is 0 Å². The molecule has 0 fully saturated rings. The molecule has 0 unspecified atom stereocenters. The first kappa shape index (κ1) is 19.5. The second kappa shape index (κ2) is 7.96. The number of aromatic amines is 2. The summed E-state index contributed by atoms with van der Waals surface area (Å²) in [5.41, 5.74) is 6.66. The standard InChI is InChI=1S/C24H22N6.ClH/c1-3-17-13-22(24-27-9-10-28-24)30-20(17)11-15(1)2-6-19-12-16-4-5-18(14-21(16)29-19)23-25-7-8-26-23;/h1-6,11-14,29-30H,7-10H2,(H,25,26)(H,27,28);1H/b6-2+;. The number of H-pyrrole nitrogens is 2. The van der Waals surface area contributed by atoms with Crippen LogP contribution in [0.15, 0.2) is 58.5 Å². The number of halogens is 1. The van der Waals surface area contributed by atoms with Gasteiger partial charge in [0.15, 0.2) is 0 Å². The highest BCUT2D eigenvalue weighted by atomic mass is 35.5. The van der Waals surface area contributed by atoms with Crippen molar-refractivity contribution < 1.29 is 0 Å². The van der Waals surface area contributed by atoms with Gasteiger partial charge in [0.25, 0.3) is 0 Å². The van der Waals surface area contributed by atoms with E-state index in [1.807, 2.05) is 0 Å². The molecule has 0 saturated heterocycles. The molecule has 2 aliphatic rings. The van der Waals surface area contributed by atoms with Gasteiger partial charge < -0.3 is 20.6 Å². The second-order valence-corrected chi connectivity index (χ2v) is 7.70. The van der Waals surface area contributed by atoms with E-state index in [0.717, 1.165) is 71.4 Å². The molecule has 31 heavy (non-hydrogen) atoms. The number of hydrogen-bond donors (Lipinski definition) is 4. The Balaban J connectivity index is 0.00000204. The number of aromatic nitrogens is 2. The van der Waals surface area contributed by atoms with E-state index in [9.17, 15) is 0 Å². The minimum Gasteiger partial charge on any atom is -0.368 e. The SMILES string of the molecule is C(=C\c1cc2ccc(C3=NCCN3)cc2[nH]1)/c1ccc2cc(C3=NCCN3)[nH]c2c1.Cl. The molecule has 2 aromatic heterocycles. The van der Waals surface area contributed by atoms with E-state index >= 15 is 0 Å². The highest BCUT2D eigenvalue weighted by molar-refractivity contribution is 6.03. The number of nitrogens with zero attached hydrogens (tertiary/aromatic N) is 2. The number of nitrogens with one attached hydrogen (secondary N) is 4. The topological polar surface area (TPSA) is 80.4 Å². The Morgan fingerprint density at radius 1 is 0.710 bits per heavy atom. The Labute approximate surface area is 186 Å². The smallest absolute Gasteiger partial charge is 0.145 e. The number of amidine groups is 2. The second-order valence-electron chi connectivity index (χ2n) is 7.70. The first-order valence-corrected chi connectivity index (χ1v) is 10.3. The number of fused-ring (bicyclic) bond motifs is 2. The lowest BCUT2D eigenvalue weighted by Gasteiger charge is -2.01. The molecule has 6 rings (SSSR count). The van der Waals surface area contributed by atoms with Crippen LogP contribution in [0.3, 0.4) is 0 Å². The molecule has 4 heterocycles. The summed E-state index contributed by atoms with van der Waals surface area (Å²) >= 11 is 0. The van der Waals surface area contributed by atoms with Crippen LogP contribution < -0.4 is 10.6 Å². The number of benzene rings is 2. The lowest BCUT2D eigenvalue weighted by molar-refractivity contribution is 0.959. The predicted octanol–water partition coefficient (Wildman–Crippen LogP) is 3.94. The van der Waals surface area contributed by atoms with E-state index in [1.165, 1.54) is 10.8 Å².